The Morgan fingerprint density at radius 2 is 1.06 bits per heavy atom. The van der Waals surface area contributed by atoms with Crippen LogP contribution >= 0.6 is 56.7 Å². The van der Waals surface area contributed by atoms with E-state index < -0.39 is 5.97 Å². The number of hydrogen-bond acceptors (Lipinski definition) is 38. The van der Waals surface area contributed by atoms with Gasteiger partial charge in [0.1, 0.15) is 49.3 Å². The van der Waals surface area contributed by atoms with Crippen molar-refractivity contribution in [3.8, 4) is 11.4 Å². The van der Waals surface area contributed by atoms with Crippen molar-refractivity contribution in [3.63, 3.8) is 0 Å². The lowest BCUT2D eigenvalue weighted by Gasteiger charge is -2.09. The first-order chi connectivity index (χ1) is 60.8. The largest absolute Gasteiger partial charge is 0.466 e. The molecule has 12 aromatic heterocycles. The number of thiazole rings is 5. The molecule has 690 valence electrons. The molecule has 44 heteroatoms. The number of esters is 5. The molecule has 0 saturated heterocycles. The van der Waals surface area contributed by atoms with Crippen LogP contribution in [0.25, 0.3) is 11.4 Å². The zero-order chi connectivity index (χ0) is 94.7. The molecule has 0 spiro atoms. The summed E-state index contributed by atoms with van der Waals surface area (Å²) in [5.41, 5.74) is 9.59. The fourth-order valence-corrected chi connectivity index (χ4v) is 13.8. The van der Waals surface area contributed by atoms with Crippen LogP contribution in [-0.2, 0) is 55.4 Å². The summed E-state index contributed by atoms with van der Waals surface area (Å²) in [5, 5.41) is 48.8. The Kier molecular flexibility index (Phi) is 50.0. The zero-order valence-corrected chi connectivity index (χ0v) is 81.0. The number of rotatable bonds is 26. The molecule has 10 N–H and O–H groups in total. The number of nitrogens with zero attached hydrogens (tertiary/aromatic N) is 17. The molecule has 12 heterocycles. The molecule has 12 rings (SSSR count). The van der Waals surface area contributed by atoms with Crippen LogP contribution in [0.2, 0.25) is 0 Å². The normalized spacial score (nSPS) is 9.78. The van der Waals surface area contributed by atoms with Crippen molar-refractivity contribution in [2.75, 3.05) is 185 Å². The van der Waals surface area contributed by atoms with Crippen LogP contribution in [0, 0.1) is 27.7 Å². The number of methoxy groups -OCH3 is 2. The number of pyridine rings is 3. The minimum Gasteiger partial charge on any atom is -0.466 e. The lowest BCUT2D eigenvalue weighted by atomic mass is 10.2. The Morgan fingerprint density at radius 1 is 0.504 bits per heavy atom. The first-order valence-electron chi connectivity index (χ1n) is 39.6. The van der Waals surface area contributed by atoms with Crippen LogP contribution in [0.1, 0.15) is 135 Å². The van der Waals surface area contributed by atoms with Crippen LogP contribution < -0.4 is 58.1 Å². The van der Waals surface area contributed by atoms with Crippen LogP contribution in [-0.4, -0.2) is 253 Å². The highest BCUT2D eigenvalue weighted by Gasteiger charge is 2.21. The monoisotopic (exact) mass is 1850 g/mol. The average Bonchev–Trinajstić information content (AvgIpc) is 1.71. The van der Waals surface area contributed by atoms with Gasteiger partial charge in [0.05, 0.1) is 86.0 Å². The second kappa shape index (κ2) is 58.8. The number of hydrogen-bond donors (Lipinski definition) is 10. The molecule has 0 fully saturated rings. The molecule has 2 amide bonds. The van der Waals surface area contributed by atoms with E-state index >= 15 is 0 Å². The number of nitrogens with one attached hydrogen (secondary N) is 10. The van der Waals surface area contributed by atoms with Gasteiger partial charge >= 0.3 is 29.8 Å². The fraction of sp³-hybridized carbons (Fsp3) is 0.398. The molecule has 0 radical (unpaired) electrons. The van der Waals surface area contributed by atoms with E-state index in [1.54, 1.807) is 162 Å². The summed E-state index contributed by atoms with van der Waals surface area (Å²) in [5.74, 6) is 1.72. The van der Waals surface area contributed by atoms with Crippen LogP contribution in [0.5, 0.6) is 0 Å². The fourth-order valence-electron chi connectivity index (χ4n) is 9.82. The van der Waals surface area contributed by atoms with Crippen LogP contribution in [0.15, 0.2) is 115 Å². The van der Waals surface area contributed by atoms with E-state index in [2.05, 4.69) is 131 Å². The van der Waals surface area contributed by atoms with E-state index in [1.807, 2.05) is 132 Å². The first kappa shape index (κ1) is 108. The molecule has 0 aliphatic rings. The first-order valence-corrected chi connectivity index (χ1v) is 43.8. The molecular weight excluding hydrogens is 1730 g/mol. The standard InChI is InChI=1S/C11H14N4.C11H19N3OS.C9H10N4.C8H13N3O2.2C8H12N2O2S.C8H12N2O2.C7H11N3OS.C7H10N2.C6H8N2O2S/c1-8-6-9(2)15(14-8)10-4-5-13-11(7-10)12-3;1-5-6-7-8-9(10(15)14(3)4)16-11(12-2)13-8;1-10-9-7-8(3-5-11-9)13-6-2-4-12-13;1-4-13-8(12)6-5-7(9-2)10-11(6)3;1-4-12-7(11)6-5(2)10-8(9-3)13-6;1-3-12-7(11)4-6-5-13-8(9-2)10-6;1-9-6-4-7(8(11)12-3)10(2)5-6;1-4-5(6(11)8-2)12-7(9-3)10-4;1-9(2)7-5-3-4-6-8-7;1-7-6-8-4(3-11-6)5(9)10-2/h4-7H,1-3H3,(H,12,13);5-7H2,1-4H3,(H,12,13);2-7H,1H3,(H,10,11);5H,4H2,1-3H3,(H,9,10);4H2,1-3H3,(H,9,10);5H,3-4H2,1-2H3,(H,9,10);4-5,9H,1-3H3;1-3H3,(H,8,11)(H,9,10);3-6H,1-2H3;3H,1-2H3,(H,7,8). The van der Waals surface area contributed by atoms with Crippen molar-refractivity contribution in [1.29, 1.82) is 0 Å². The number of carbonyl (C=O) groups excluding carboxylic acids is 7. The summed E-state index contributed by atoms with van der Waals surface area (Å²) < 4.78 is 30.5. The van der Waals surface area contributed by atoms with E-state index in [0.29, 0.717) is 63.3 Å². The number of ether oxygens (including phenoxy) is 5. The smallest absolute Gasteiger partial charge is 0.357 e. The molecule has 12 aromatic rings. The van der Waals surface area contributed by atoms with E-state index in [1.165, 1.54) is 75.6 Å². The van der Waals surface area contributed by atoms with E-state index in [0.717, 1.165) is 108 Å². The molecule has 0 aliphatic carbocycles. The number of aromatic nitrogens is 15. The molecule has 39 nitrogen and oxygen atoms in total. The van der Waals surface area contributed by atoms with Crippen molar-refractivity contribution in [2.45, 2.75) is 81.1 Å². The molecule has 0 aromatic carbocycles. The Balaban J connectivity index is 0.000000365. The third-order valence-corrected chi connectivity index (χ3v) is 21.3. The maximum Gasteiger partial charge on any atom is 0.357 e. The van der Waals surface area contributed by atoms with E-state index in [4.69, 9.17) is 14.2 Å². The third-order valence-electron chi connectivity index (χ3n) is 16.1. The van der Waals surface area contributed by atoms with Gasteiger partial charge in [0.2, 0.25) is 0 Å². The summed E-state index contributed by atoms with van der Waals surface area (Å²) in [6.45, 7) is 16.3. The molecule has 127 heavy (non-hydrogen) atoms. The van der Waals surface area contributed by atoms with Crippen molar-refractivity contribution in [1.82, 2.24) is 84.0 Å². The number of anilines is 10. The Bertz CT molecular complexity index is 5130. The predicted octanol–water partition coefficient (Wildman–Crippen LogP) is 12.9. The lowest BCUT2D eigenvalue weighted by molar-refractivity contribution is -0.142. The van der Waals surface area contributed by atoms with E-state index in [9.17, 15) is 33.6 Å². The van der Waals surface area contributed by atoms with Crippen molar-refractivity contribution < 1.29 is 57.2 Å². The minimum atomic E-state index is -0.400. The minimum absolute atomic E-state index is 0.0464. The molecule has 0 aliphatic heterocycles. The van der Waals surface area contributed by atoms with Crippen LogP contribution in [0.4, 0.5) is 54.6 Å². The summed E-state index contributed by atoms with van der Waals surface area (Å²) in [6, 6.07) is 21.0. The molecule has 0 bridgehead atoms. The quantitative estimate of drug-likeness (QED) is 0.0178. The van der Waals surface area contributed by atoms with Gasteiger partial charge in [0.15, 0.2) is 31.4 Å². The highest BCUT2D eigenvalue weighted by Crippen LogP contribution is 2.27. The van der Waals surface area contributed by atoms with Gasteiger partial charge in [-0.1, -0.05) is 53.4 Å². The second-order valence-electron chi connectivity index (χ2n) is 25.8. The zero-order valence-electron chi connectivity index (χ0n) is 77.0. The molecule has 0 saturated carbocycles. The SMILES string of the molecule is CCCCc1nc(NC)sc1C(=O)N(C)C.CCOC(=O)Cc1csc(NC)n1.CCOC(=O)c1cc(NC)nn1C.CCOC(=O)c1sc(NC)nc1C.CN(C)c1ccccn1.CNC(=O)c1sc(NC)nc1C.CNc1cc(-n2cccn2)ccn1.CNc1cc(-n2nc(C)cc2C)ccn1.CNc1cc(C(=O)OC)n(C)c1.CNc1nc(C(=O)OC)cs1. The third kappa shape index (κ3) is 37.3. The maximum atomic E-state index is 11.9. The van der Waals surface area contributed by atoms with Crippen LogP contribution in [0.3, 0.4) is 0 Å². The van der Waals surface area contributed by atoms with Gasteiger partial charge in [-0.25, -0.2) is 68.4 Å². The van der Waals surface area contributed by atoms with Gasteiger partial charge < -0.3 is 91.2 Å². The lowest BCUT2D eigenvalue weighted by Crippen LogP contribution is -2.21. The Hall–Kier alpha value is -13.2. The van der Waals surface area contributed by atoms with Gasteiger partial charge in [-0.15, -0.1) is 22.7 Å². The highest BCUT2D eigenvalue weighted by atomic mass is 32.1. The molecule has 0 unspecified atom stereocenters. The summed E-state index contributed by atoms with van der Waals surface area (Å²) in [6.07, 6.45) is 14.1. The van der Waals surface area contributed by atoms with Crippen molar-refractivity contribution in [2.24, 2.45) is 14.1 Å². The maximum absolute atomic E-state index is 11.9. The van der Waals surface area contributed by atoms with Gasteiger partial charge in [0.25, 0.3) is 11.8 Å². The Morgan fingerprint density at radius 3 is 1.53 bits per heavy atom. The van der Waals surface area contributed by atoms with Gasteiger partial charge in [0, 0.05) is 185 Å². The van der Waals surface area contributed by atoms with Crippen molar-refractivity contribution >= 4 is 153 Å². The topological polar surface area (TPSA) is 454 Å². The number of amides is 2. The number of unbranched alkanes of at least 4 members (excludes halogenated alkanes) is 1. The number of aryl methyl sites for hydroxylation is 7. The summed E-state index contributed by atoms with van der Waals surface area (Å²) >= 11 is 6.95. The van der Waals surface area contributed by atoms with E-state index in [-0.39, 0.29) is 42.1 Å². The number of carbonyl (C=O) groups is 7. The van der Waals surface area contributed by atoms with Gasteiger partial charge in [-0.05, 0) is 104 Å². The average molecular weight is 1850 g/mol. The van der Waals surface area contributed by atoms with Crippen molar-refractivity contribution in [3.05, 3.63) is 181 Å². The highest BCUT2D eigenvalue weighted by molar-refractivity contribution is 7.18. The Labute approximate surface area is 762 Å². The predicted molar refractivity (Wildman–Crippen MR) is 510 cm³/mol. The van der Waals surface area contributed by atoms with Gasteiger partial charge in [-0.3, -0.25) is 19.1 Å². The molecule has 0 atom stereocenters. The summed E-state index contributed by atoms with van der Waals surface area (Å²) in [7, 11) is 31.5. The second-order valence-corrected chi connectivity index (χ2v) is 30.5. The van der Waals surface area contributed by atoms with Gasteiger partial charge in [-0.2, -0.15) is 15.3 Å². The molecular formula is C83H121N27O12S5. The summed E-state index contributed by atoms with van der Waals surface area (Å²) in [4.78, 5) is 117.